The number of hydrogen-bond acceptors (Lipinski definition) is 4. The minimum Gasteiger partial charge on any atom is -0.411 e. The van der Waals surface area contributed by atoms with Gasteiger partial charge in [-0.2, -0.15) is 4.98 Å². The average Bonchev–Trinajstić information content (AvgIpc) is 2.81. The first kappa shape index (κ1) is 11.7. The van der Waals surface area contributed by atoms with Gasteiger partial charge >= 0.3 is 6.08 Å². The van der Waals surface area contributed by atoms with Gasteiger partial charge in [0.15, 0.2) is 5.58 Å². The Kier molecular flexibility index (Phi) is 3.16. The van der Waals surface area contributed by atoms with Gasteiger partial charge in [0.2, 0.25) is 0 Å². The Hall–Kier alpha value is -2.33. The summed E-state index contributed by atoms with van der Waals surface area (Å²) in [7, 11) is 1.91. The van der Waals surface area contributed by atoms with E-state index in [-0.39, 0.29) is 6.08 Å². The van der Waals surface area contributed by atoms with E-state index in [1.165, 1.54) is 0 Å². The highest BCUT2D eigenvalue weighted by molar-refractivity contribution is 5.72. The van der Waals surface area contributed by atoms with Gasteiger partial charge in [0.25, 0.3) is 0 Å². The highest BCUT2D eigenvalue weighted by Gasteiger charge is 2.07. The highest BCUT2D eigenvalue weighted by Crippen LogP contribution is 2.25. The first-order valence-electron chi connectivity index (χ1n) is 6.12. The molecule has 0 atom stereocenters. The molecule has 96 valence electrons. The second-order valence-electron chi connectivity index (χ2n) is 4.23. The molecule has 19 heavy (non-hydrogen) atoms. The Morgan fingerprint density at radius 1 is 1.16 bits per heavy atom. The third-order valence-electron chi connectivity index (χ3n) is 2.76. The number of para-hydroxylation sites is 2. The molecule has 4 heteroatoms. The third kappa shape index (κ3) is 2.58. The van der Waals surface area contributed by atoms with Crippen LogP contribution >= 0.6 is 0 Å². The lowest BCUT2D eigenvalue weighted by atomic mass is 10.2. The van der Waals surface area contributed by atoms with Gasteiger partial charge in [0, 0.05) is 6.54 Å². The van der Waals surface area contributed by atoms with Crippen LogP contribution in [0.1, 0.15) is 5.56 Å². The zero-order valence-electron chi connectivity index (χ0n) is 10.6. The number of rotatable bonds is 4. The number of nitrogens with one attached hydrogen (secondary N) is 1. The van der Waals surface area contributed by atoms with Crippen molar-refractivity contribution in [1.29, 1.82) is 0 Å². The van der Waals surface area contributed by atoms with Crippen LogP contribution in [0.25, 0.3) is 11.1 Å². The molecule has 0 aliphatic rings. The van der Waals surface area contributed by atoms with Crippen LogP contribution in [0.4, 0.5) is 0 Å². The largest absolute Gasteiger partial charge is 0.411 e. The standard InChI is InChI=1S/C15H14N2O2/c1-16-10-11-5-4-6-12(9-11)18-15-17-13-7-2-3-8-14(13)19-15/h2-9,16H,10H2,1H3. The number of ether oxygens (including phenoxy) is 1. The molecule has 2 aromatic carbocycles. The van der Waals surface area contributed by atoms with Gasteiger partial charge in [-0.05, 0) is 36.9 Å². The summed E-state index contributed by atoms with van der Waals surface area (Å²) in [6.07, 6.45) is 0.266. The molecule has 0 radical (unpaired) electrons. The van der Waals surface area contributed by atoms with Gasteiger partial charge in [-0.1, -0.05) is 24.3 Å². The summed E-state index contributed by atoms with van der Waals surface area (Å²) < 4.78 is 11.2. The van der Waals surface area contributed by atoms with E-state index in [9.17, 15) is 0 Å². The van der Waals surface area contributed by atoms with E-state index in [0.717, 1.165) is 29.0 Å². The van der Waals surface area contributed by atoms with Crippen molar-refractivity contribution in [2.75, 3.05) is 7.05 Å². The molecule has 3 rings (SSSR count). The maximum Gasteiger partial charge on any atom is 0.400 e. The molecule has 0 spiro atoms. The van der Waals surface area contributed by atoms with Crippen molar-refractivity contribution >= 4 is 11.1 Å². The Balaban J connectivity index is 1.85. The molecule has 0 saturated carbocycles. The number of oxazole rings is 1. The van der Waals surface area contributed by atoms with E-state index in [1.54, 1.807) is 0 Å². The van der Waals surface area contributed by atoms with Crippen LogP contribution in [-0.2, 0) is 6.54 Å². The molecule has 0 bridgehead atoms. The number of benzene rings is 2. The van der Waals surface area contributed by atoms with Gasteiger partial charge in [-0.25, -0.2) is 0 Å². The molecule has 0 saturated heterocycles. The van der Waals surface area contributed by atoms with Crippen molar-refractivity contribution < 1.29 is 9.15 Å². The summed E-state index contributed by atoms with van der Waals surface area (Å²) >= 11 is 0. The van der Waals surface area contributed by atoms with Gasteiger partial charge in [-0.3, -0.25) is 0 Å². The van der Waals surface area contributed by atoms with Crippen molar-refractivity contribution in [2.45, 2.75) is 6.54 Å². The van der Waals surface area contributed by atoms with Crippen LogP contribution in [0, 0.1) is 0 Å². The fourth-order valence-electron chi connectivity index (χ4n) is 1.92. The summed E-state index contributed by atoms with van der Waals surface area (Å²) in [6, 6.07) is 15.4. The molecule has 0 unspecified atom stereocenters. The predicted octanol–water partition coefficient (Wildman–Crippen LogP) is 3.34. The number of hydrogen-bond donors (Lipinski definition) is 1. The Morgan fingerprint density at radius 2 is 2.05 bits per heavy atom. The van der Waals surface area contributed by atoms with Gasteiger partial charge in [0.05, 0.1) is 0 Å². The molecule has 0 amide bonds. The highest BCUT2D eigenvalue weighted by atomic mass is 16.6. The summed E-state index contributed by atoms with van der Waals surface area (Å²) in [5.41, 5.74) is 2.67. The smallest absolute Gasteiger partial charge is 0.400 e. The van der Waals surface area contributed by atoms with E-state index in [0.29, 0.717) is 0 Å². The van der Waals surface area contributed by atoms with E-state index in [2.05, 4.69) is 10.3 Å². The van der Waals surface area contributed by atoms with Gasteiger partial charge in [-0.15, -0.1) is 0 Å². The Labute approximate surface area is 111 Å². The minimum atomic E-state index is 0.266. The van der Waals surface area contributed by atoms with Crippen LogP contribution in [0.2, 0.25) is 0 Å². The Bertz CT molecular complexity index is 658. The molecule has 3 aromatic rings. The quantitative estimate of drug-likeness (QED) is 0.775. The van der Waals surface area contributed by atoms with Crippen molar-refractivity contribution in [3.8, 4) is 11.8 Å². The maximum atomic E-state index is 5.64. The molecule has 1 aromatic heterocycles. The second kappa shape index (κ2) is 5.12. The van der Waals surface area contributed by atoms with Crippen LogP contribution in [0.3, 0.4) is 0 Å². The van der Waals surface area contributed by atoms with E-state index >= 15 is 0 Å². The first-order valence-corrected chi connectivity index (χ1v) is 6.12. The third-order valence-corrected chi connectivity index (χ3v) is 2.76. The molecule has 0 aliphatic carbocycles. The van der Waals surface area contributed by atoms with E-state index in [4.69, 9.17) is 9.15 Å². The van der Waals surface area contributed by atoms with E-state index in [1.807, 2.05) is 55.6 Å². The monoisotopic (exact) mass is 254 g/mol. The second-order valence-corrected chi connectivity index (χ2v) is 4.23. The lowest BCUT2D eigenvalue weighted by molar-refractivity contribution is 0.343. The lowest BCUT2D eigenvalue weighted by Gasteiger charge is -2.03. The molecule has 1 heterocycles. The molecule has 4 nitrogen and oxygen atoms in total. The van der Waals surface area contributed by atoms with Crippen LogP contribution in [0.15, 0.2) is 52.9 Å². The molecular formula is C15H14N2O2. The summed E-state index contributed by atoms with van der Waals surface area (Å²) in [6.45, 7) is 0.796. The predicted molar refractivity (Wildman–Crippen MR) is 73.3 cm³/mol. The van der Waals surface area contributed by atoms with Crippen molar-refractivity contribution in [3.05, 3.63) is 54.1 Å². The Morgan fingerprint density at radius 3 is 2.89 bits per heavy atom. The topological polar surface area (TPSA) is 47.3 Å². The lowest BCUT2D eigenvalue weighted by Crippen LogP contribution is -2.04. The zero-order valence-corrected chi connectivity index (χ0v) is 10.6. The first-order chi connectivity index (χ1) is 9.35. The summed E-state index contributed by atoms with van der Waals surface area (Å²) in [4.78, 5) is 4.28. The number of fused-ring (bicyclic) bond motifs is 1. The van der Waals surface area contributed by atoms with Crippen molar-refractivity contribution in [3.63, 3.8) is 0 Å². The fourth-order valence-corrected chi connectivity index (χ4v) is 1.92. The number of nitrogens with zero attached hydrogens (tertiary/aromatic N) is 1. The minimum absolute atomic E-state index is 0.266. The van der Waals surface area contributed by atoms with Crippen molar-refractivity contribution in [2.24, 2.45) is 0 Å². The summed E-state index contributed by atoms with van der Waals surface area (Å²) in [5.74, 6) is 0.722. The fraction of sp³-hybridized carbons (Fsp3) is 0.133. The van der Waals surface area contributed by atoms with Crippen LogP contribution in [0.5, 0.6) is 11.8 Å². The van der Waals surface area contributed by atoms with Crippen molar-refractivity contribution in [1.82, 2.24) is 10.3 Å². The van der Waals surface area contributed by atoms with Gasteiger partial charge < -0.3 is 14.5 Å². The normalized spacial score (nSPS) is 10.8. The SMILES string of the molecule is CNCc1cccc(Oc2nc3ccccc3o2)c1. The summed E-state index contributed by atoms with van der Waals surface area (Å²) in [5, 5.41) is 3.10. The number of aromatic nitrogens is 1. The molecular weight excluding hydrogens is 240 g/mol. The van der Waals surface area contributed by atoms with E-state index < -0.39 is 0 Å². The molecule has 0 aliphatic heterocycles. The van der Waals surface area contributed by atoms with Crippen LogP contribution in [-0.4, -0.2) is 12.0 Å². The zero-order chi connectivity index (χ0) is 13.1. The van der Waals surface area contributed by atoms with Crippen LogP contribution < -0.4 is 10.1 Å². The maximum absolute atomic E-state index is 5.64. The average molecular weight is 254 g/mol. The van der Waals surface area contributed by atoms with Gasteiger partial charge in [0.1, 0.15) is 11.3 Å². The molecule has 1 N–H and O–H groups in total. The molecule has 0 fully saturated rings.